The van der Waals surface area contributed by atoms with Crippen LogP contribution in [0.1, 0.15) is 29.5 Å². The van der Waals surface area contributed by atoms with Gasteiger partial charge in [-0.1, -0.05) is 6.92 Å². The monoisotopic (exact) mass is 239 g/mol. The first-order valence-corrected chi connectivity index (χ1v) is 5.83. The van der Waals surface area contributed by atoms with E-state index in [9.17, 15) is 4.79 Å². The van der Waals surface area contributed by atoms with Crippen molar-refractivity contribution in [3.8, 4) is 0 Å². The largest absolute Gasteiger partial charge is 0.478 e. The molecular weight excluding hydrogens is 222 g/mol. The van der Waals surface area contributed by atoms with Gasteiger partial charge in [-0.3, -0.25) is 4.90 Å². The fraction of sp³-hybridized carbons (Fsp3) is 0.583. The summed E-state index contributed by atoms with van der Waals surface area (Å²) < 4.78 is 10.8. The third kappa shape index (κ3) is 3.08. The van der Waals surface area contributed by atoms with Crippen molar-refractivity contribution in [2.75, 3.05) is 19.7 Å². The maximum atomic E-state index is 10.7. The molecule has 1 aromatic rings. The minimum Gasteiger partial charge on any atom is -0.478 e. The van der Waals surface area contributed by atoms with Gasteiger partial charge in [0.2, 0.25) is 0 Å². The van der Waals surface area contributed by atoms with Crippen molar-refractivity contribution in [3.05, 3.63) is 23.7 Å². The lowest BCUT2D eigenvalue weighted by atomic mass is 10.2. The number of carboxylic acid groups (broad SMARTS) is 1. The smallest absolute Gasteiger partial charge is 0.338 e. The summed E-state index contributed by atoms with van der Waals surface area (Å²) in [5, 5.41) is 8.79. The molecule has 1 atom stereocenters. The number of carboxylic acids is 1. The van der Waals surface area contributed by atoms with Gasteiger partial charge in [-0.05, 0) is 12.5 Å². The van der Waals surface area contributed by atoms with Crippen molar-refractivity contribution >= 4 is 5.97 Å². The lowest BCUT2D eigenvalue weighted by Crippen LogP contribution is -2.41. The molecule has 0 bridgehead atoms. The number of aromatic carboxylic acids is 1. The fourth-order valence-electron chi connectivity index (χ4n) is 1.97. The third-order valence-corrected chi connectivity index (χ3v) is 2.96. The molecule has 2 rings (SSSR count). The zero-order valence-electron chi connectivity index (χ0n) is 9.89. The lowest BCUT2D eigenvalue weighted by molar-refractivity contribution is -0.0341. The Kier molecular flexibility index (Phi) is 3.81. The molecule has 17 heavy (non-hydrogen) atoms. The number of hydrogen-bond acceptors (Lipinski definition) is 4. The Labute approximate surface area is 100.0 Å². The Hall–Kier alpha value is -1.33. The maximum absolute atomic E-state index is 10.7. The second-order valence-electron chi connectivity index (χ2n) is 4.24. The van der Waals surface area contributed by atoms with Crippen LogP contribution in [0.5, 0.6) is 0 Å². The van der Waals surface area contributed by atoms with Gasteiger partial charge >= 0.3 is 5.97 Å². The summed E-state index contributed by atoms with van der Waals surface area (Å²) in [5.41, 5.74) is 0.209. The van der Waals surface area contributed by atoms with Crippen molar-refractivity contribution in [3.63, 3.8) is 0 Å². The molecule has 1 aliphatic heterocycles. The van der Waals surface area contributed by atoms with Gasteiger partial charge in [0.1, 0.15) is 12.0 Å². The van der Waals surface area contributed by atoms with E-state index in [1.165, 1.54) is 6.26 Å². The first kappa shape index (κ1) is 12.1. The number of rotatable bonds is 4. The molecule has 0 radical (unpaired) electrons. The van der Waals surface area contributed by atoms with Gasteiger partial charge < -0.3 is 14.3 Å². The SMILES string of the molecule is CCC1CN(Cc2cc(C(=O)O)co2)CCO1. The highest BCUT2D eigenvalue weighted by Crippen LogP contribution is 2.14. The van der Waals surface area contributed by atoms with Crippen LogP contribution in [-0.2, 0) is 11.3 Å². The second kappa shape index (κ2) is 5.33. The lowest BCUT2D eigenvalue weighted by Gasteiger charge is -2.31. The van der Waals surface area contributed by atoms with Gasteiger partial charge in [-0.2, -0.15) is 0 Å². The summed E-state index contributed by atoms with van der Waals surface area (Å²) in [4.78, 5) is 12.9. The van der Waals surface area contributed by atoms with Gasteiger partial charge in [0.05, 0.1) is 24.8 Å². The van der Waals surface area contributed by atoms with Crippen LogP contribution >= 0.6 is 0 Å². The van der Waals surface area contributed by atoms with Crippen molar-refractivity contribution in [1.29, 1.82) is 0 Å². The molecule has 0 aliphatic carbocycles. The molecule has 0 amide bonds. The molecule has 0 aromatic carbocycles. The molecule has 1 N–H and O–H groups in total. The maximum Gasteiger partial charge on any atom is 0.338 e. The van der Waals surface area contributed by atoms with Gasteiger partial charge in [0, 0.05) is 13.1 Å². The predicted molar refractivity (Wildman–Crippen MR) is 61.0 cm³/mol. The number of nitrogens with zero attached hydrogens (tertiary/aromatic N) is 1. The fourth-order valence-corrected chi connectivity index (χ4v) is 1.97. The van der Waals surface area contributed by atoms with Gasteiger partial charge in [0.15, 0.2) is 0 Å². The van der Waals surface area contributed by atoms with E-state index in [2.05, 4.69) is 11.8 Å². The topological polar surface area (TPSA) is 62.9 Å². The van der Waals surface area contributed by atoms with E-state index in [1.807, 2.05) is 0 Å². The molecule has 5 heteroatoms. The van der Waals surface area contributed by atoms with E-state index in [-0.39, 0.29) is 11.7 Å². The van der Waals surface area contributed by atoms with Crippen LogP contribution in [0, 0.1) is 0 Å². The van der Waals surface area contributed by atoms with Crippen molar-refractivity contribution in [1.82, 2.24) is 4.90 Å². The normalized spacial score (nSPS) is 21.6. The molecule has 94 valence electrons. The standard InChI is InChI=1S/C12H17NO4/c1-2-10-6-13(3-4-16-10)7-11-5-9(8-17-11)12(14)15/h5,8,10H,2-4,6-7H2,1H3,(H,14,15). The number of furan rings is 1. The average molecular weight is 239 g/mol. The van der Waals surface area contributed by atoms with E-state index >= 15 is 0 Å². The molecule has 1 aliphatic rings. The highest BCUT2D eigenvalue weighted by atomic mass is 16.5. The van der Waals surface area contributed by atoms with E-state index < -0.39 is 5.97 Å². The number of ether oxygens (including phenoxy) is 1. The summed E-state index contributed by atoms with van der Waals surface area (Å²) in [6.45, 7) is 5.21. The Balaban J connectivity index is 1.93. The van der Waals surface area contributed by atoms with Gasteiger partial charge in [-0.25, -0.2) is 4.79 Å². The van der Waals surface area contributed by atoms with E-state index in [0.717, 1.165) is 26.1 Å². The molecule has 2 heterocycles. The molecule has 1 saturated heterocycles. The van der Waals surface area contributed by atoms with Crippen LogP contribution in [0.25, 0.3) is 0 Å². The second-order valence-corrected chi connectivity index (χ2v) is 4.24. The van der Waals surface area contributed by atoms with Crippen LogP contribution in [0.3, 0.4) is 0 Å². The summed E-state index contributed by atoms with van der Waals surface area (Å²) in [6.07, 6.45) is 2.56. The van der Waals surface area contributed by atoms with Gasteiger partial charge in [-0.15, -0.1) is 0 Å². The van der Waals surface area contributed by atoms with Gasteiger partial charge in [0.25, 0.3) is 0 Å². The summed E-state index contributed by atoms with van der Waals surface area (Å²) in [5.74, 6) is -0.257. The molecule has 1 unspecified atom stereocenters. The first-order valence-electron chi connectivity index (χ1n) is 5.83. The summed E-state index contributed by atoms with van der Waals surface area (Å²) >= 11 is 0. The molecule has 0 spiro atoms. The minimum atomic E-state index is -0.951. The van der Waals surface area contributed by atoms with Crippen molar-refractivity contribution < 1.29 is 19.1 Å². The quantitative estimate of drug-likeness (QED) is 0.864. The Morgan fingerprint density at radius 1 is 1.65 bits per heavy atom. The van der Waals surface area contributed by atoms with Crippen LogP contribution in [0.4, 0.5) is 0 Å². The van der Waals surface area contributed by atoms with Crippen LogP contribution in [-0.4, -0.2) is 41.8 Å². The molecule has 1 aromatic heterocycles. The third-order valence-electron chi connectivity index (χ3n) is 2.96. The number of morpholine rings is 1. The van der Waals surface area contributed by atoms with Crippen LogP contribution in [0.2, 0.25) is 0 Å². The Morgan fingerprint density at radius 3 is 3.12 bits per heavy atom. The van der Waals surface area contributed by atoms with Crippen molar-refractivity contribution in [2.24, 2.45) is 0 Å². The predicted octanol–water partition coefficient (Wildman–Crippen LogP) is 1.59. The molecular formula is C12H17NO4. The van der Waals surface area contributed by atoms with E-state index in [0.29, 0.717) is 12.3 Å². The summed E-state index contributed by atoms with van der Waals surface area (Å²) in [7, 11) is 0. The first-order chi connectivity index (χ1) is 8.19. The number of carbonyl (C=O) groups is 1. The average Bonchev–Trinajstić information content (AvgIpc) is 2.78. The zero-order chi connectivity index (χ0) is 12.3. The van der Waals surface area contributed by atoms with Crippen molar-refractivity contribution in [2.45, 2.75) is 26.0 Å². The summed E-state index contributed by atoms with van der Waals surface area (Å²) in [6, 6.07) is 1.58. The van der Waals surface area contributed by atoms with E-state index in [1.54, 1.807) is 6.07 Å². The van der Waals surface area contributed by atoms with Crippen LogP contribution in [0.15, 0.2) is 16.7 Å². The Morgan fingerprint density at radius 2 is 2.47 bits per heavy atom. The van der Waals surface area contributed by atoms with E-state index in [4.69, 9.17) is 14.3 Å². The molecule has 5 nitrogen and oxygen atoms in total. The highest BCUT2D eigenvalue weighted by molar-refractivity contribution is 5.87. The van der Waals surface area contributed by atoms with Crippen LogP contribution < -0.4 is 0 Å². The Bertz CT molecular complexity index is 388. The highest BCUT2D eigenvalue weighted by Gasteiger charge is 2.20. The zero-order valence-corrected chi connectivity index (χ0v) is 9.89. The minimum absolute atomic E-state index is 0.209. The number of hydrogen-bond donors (Lipinski definition) is 1. The molecule has 0 saturated carbocycles. The molecule has 1 fully saturated rings.